The van der Waals surface area contributed by atoms with Gasteiger partial charge < -0.3 is 0 Å². The molecule has 0 saturated carbocycles. The van der Waals surface area contributed by atoms with Crippen LogP contribution in [0.4, 0.5) is 10.8 Å². The van der Waals surface area contributed by atoms with Gasteiger partial charge in [0.25, 0.3) is 0 Å². The van der Waals surface area contributed by atoms with Gasteiger partial charge in [0, 0.05) is 18.1 Å². The van der Waals surface area contributed by atoms with E-state index in [-0.39, 0.29) is 5.91 Å². The SMILES string of the molecule is CC(=O)N(c1nc(CSc2n[nH]c(C)n2)cs1)c1c(C)cc(C)cc1Cl. The molecule has 1 amide bonds. The molecule has 3 rings (SSSR count). The summed E-state index contributed by atoms with van der Waals surface area (Å²) in [6.07, 6.45) is 0. The molecule has 136 valence electrons. The second kappa shape index (κ2) is 7.77. The van der Waals surface area contributed by atoms with Crippen LogP contribution < -0.4 is 4.90 Å². The summed E-state index contributed by atoms with van der Waals surface area (Å²) in [5, 5.41) is 10.7. The second-order valence-electron chi connectivity index (χ2n) is 5.88. The van der Waals surface area contributed by atoms with Gasteiger partial charge in [-0.1, -0.05) is 29.4 Å². The maximum Gasteiger partial charge on any atom is 0.230 e. The number of carbonyl (C=O) groups excluding carboxylic acids is 1. The molecule has 0 aliphatic rings. The number of halogens is 1. The summed E-state index contributed by atoms with van der Waals surface area (Å²) in [6, 6.07) is 3.86. The van der Waals surface area contributed by atoms with Gasteiger partial charge in [-0.3, -0.25) is 14.8 Å². The number of H-pyrrole nitrogens is 1. The number of aromatic amines is 1. The summed E-state index contributed by atoms with van der Waals surface area (Å²) in [5.74, 6) is 1.27. The Bertz CT molecular complexity index is 929. The van der Waals surface area contributed by atoms with Crippen molar-refractivity contribution in [3.8, 4) is 0 Å². The Balaban J connectivity index is 1.86. The Kier molecular flexibility index (Phi) is 5.64. The van der Waals surface area contributed by atoms with Crippen molar-refractivity contribution in [3.63, 3.8) is 0 Å². The molecule has 2 aromatic heterocycles. The number of thioether (sulfide) groups is 1. The smallest absolute Gasteiger partial charge is 0.230 e. The highest BCUT2D eigenvalue weighted by Crippen LogP contribution is 2.37. The zero-order chi connectivity index (χ0) is 18.8. The first-order valence-corrected chi connectivity index (χ1v) is 10.1. The lowest BCUT2D eigenvalue weighted by Gasteiger charge is -2.22. The van der Waals surface area contributed by atoms with E-state index in [0.717, 1.165) is 22.6 Å². The molecule has 0 spiro atoms. The zero-order valence-corrected chi connectivity index (χ0v) is 17.2. The summed E-state index contributed by atoms with van der Waals surface area (Å²) in [5.41, 5.74) is 3.54. The van der Waals surface area contributed by atoms with Crippen molar-refractivity contribution in [2.45, 2.75) is 38.6 Å². The van der Waals surface area contributed by atoms with Crippen LogP contribution >= 0.6 is 34.7 Å². The maximum absolute atomic E-state index is 12.3. The van der Waals surface area contributed by atoms with Gasteiger partial charge in [0.2, 0.25) is 11.1 Å². The number of rotatable bonds is 5. The number of hydrogen-bond donors (Lipinski definition) is 1. The molecule has 0 unspecified atom stereocenters. The molecule has 1 N–H and O–H groups in total. The third-order valence-electron chi connectivity index (χ3n) is 3.59. The molecule has 9 heteroatoms. The number of anilines is 2. The molecule has 26 heavy (non-hydrogen) atoms. The molecule has 6 nitrogen and oxygen atoms in total. The quantitative estimate of drug-likeness (QED) is 0.614. The van der Waals surface area contributed by atoms with Crippen LogP contribution in [0.15, 0.2) is 22.7 Å². The fourth-order valence-corrected chi connectivity index (χ4v) is 4.69. The molecule has 2 heterocycles. The van der Waals surface area contributed by atoms with Crippen molar-refractivity contribution in [2.24, 2.45) is 0 Å². The fourth-order valence-electron chi connectivity index (χ4n) is 2.57. The van der Waals surface area contributed by atoms with Crippen molar-refractivity contribution in [2.75, 3.05) is 4.90 Å². The van der Waals surface area contributed by atoms with E-state index in [2.05, 4.69) is 20.2 Å². The summed E-state index contributed by atoms with van der Waals surface area (Å²) < 4.78 is 0. The van der Waals surface area contributed by atoms with Crippen molar-refractivity contribution < 1.29 is 4.79 Å². The Morgan fingerprint density at radius 2 is 2.08 bits per heavy atom. The number of hydrogen-bond acceptors (Lipinski definition) is 6. The van der Waals surface area contributed by atoms with Gasteiger partial charge >= 0.3 is 0 Å². The van der Waals surface area contributed by atoms with Gasteiger partial charge in [-0.05, 0) is 38.0 Å². The first-order valence-electron chi connectivity index (χ1n) is 7.89. The van der Waals surface area contributed by atoms with E-state index in [9.17, 15) is 4.79 Å². The lowest BCUT2D eigenvalue weighted by atomic mass is 10.1. The van der Waals surface area contributed by atoms with E-state index in [1.165, 1.54) is 30.0 Å². The molecule has 0 fully saturated rings. The number of amides is 1. The molecule has 0 aliphatic heterocycles. The van der Waals surface area contributed by atoms with Crippen LogP contribution in [-0.4, -0.2) is 26.1 Å². The predicted molar refractivity (Wildman–Crippen MR) is 107 cm³/mol. The standard InChI is InChI=1S/C17H18ClN5OS2/c1-9-5-10(2)15(14(18)6-9)23(12(4)24)17-20-13(8-26-17)7-25-16-19-11(3)21-22-16/h5-6,8H,7H2,1-4H3,(H,19,21,22). The lowest BCUT2D eigenvalue weighted by Crippen LogP contribution is -2.24. The van der Waals surface area contributed by atoms with Crippen molar-refractivity contribution in [1.29, 1.82) is 0 Å². The van der Waals surface area contributed by atoms with Crippen molar-refractivity contribution >= 4 is 51.4 Å². The van der Waals surface area contributed by atoms with E-state index < -0.39 is 0 Å². The zero-order valence-electron chi connectivity index (χ0n) is 14.8. The molecule has 1 aromatic carbocycles. The first kappa shape index (κ1) is 18.9. The molecular weight excluding hydrogens is 390 g/mol. The van der Waals surface area contributed by atoms with Crippen LogP contribution in [0, 0.1) is 20.8 Å². The Hall–Kier alpha value is -1.90. The average Bonchev–Trinajstić information content (AvgIpc) is 3.17. The lowest BCUT2D eigenvalue weighted by molar-refractivity contribution is -0.115. The Morgan fingerprint density at radius 3 is 2.69 bits per heavy atom. The molecule has 0 saturated heterocycles. The fraction of sp³-hybridized carbons (Fsp3) is 0.294. The van der Waals surface area contributed by atoms with Gasteiger partial charge in [-0.15, -0.1) is 16.4 Å². The molecule has 0 radical (unpaired) electrons. The number of nitrogens with zero attached hydrogens (tertiary/aromatic N) is 4. The monoisotopic (exact) mass is 407 g/mol. The van der Waals surface area contributed by atoms with Gasteiger partial charge in [0.1, 0.15) is 5.82 Å². The van der Waals surface area contributed by atoms with Crippen LogP contribution in [0.3, 0.4) is 0 Å². The molecule has 0 aliphatic carbocycles. The number of carbonyl (C=O) groups is 1. The van der Waals surface area contributed by atoms with E-state index >= 15 is 0 Å². The van der Waals surface area contributed by atoms with Crippen LogP contribution in [0.5, 0.6) is 0 Å². The van der Waals surface area contributed by atoms with Crippen LogP contribution in [-0.2, 0) is 10.5 Å². The van der Waals surface area contributed by atoms with Crippen LogP contribution in [0.1, 0.15) is 29.6 Å². The average molecular weight is 408 g/mol. The predicted octanol–water partition coefficient (Wildman–Crippen LogP) is 4.82. The highest BCUT2D eigenvalue weighted by Gasteiger charge is 2.22. The summed E-state index contributed by atoms with van der Waals surface area (Å²) in [6.45, 7) is 7.29. The topological polar surface area (TPSA) is 74.8 Å². The highest BCUT2D eigenvalue weighted by atomic mass is 35.5. The second-order valence-corrected chi connectivity index (χ2v) is 8.07. The minimum Gasteiger partial charge on any atom is -0.274 e. The first-order chi connectivity index (χ1) is 12.3. The normalized spacial score (nSPS) is 11.0. The third kappa shape index (κ3) is 4.08. The van der Waals surface area contributed by atoms with Crippen molar-refractivity contribution in [1.82, 2.24) is 20.2 Å². The summed E-state index contributed by atoms with van der Waals surface area (Å²) >= 11 is 9.34. The van der Waals surface area contributed by atoms with E-state index in [1.807, 2.05) is 38.3 Å². The molecule has 0 bridgehead atoms. The minimum atomic E-state index is -0.128. The largest absolute Gasteiger partial charge is 0.274 e. The maximum atomic E-state index is 12.3. The number of nitrogens with one attached hydrogen (secondary N) is 1. The third-order valence-corrected chi connectivity index (χ3v) is 5.64. The Labute approximate surface area is 165 Å². The van der Waals surface area contributed by atoms with Gasteiger partial charge in [0.15, 0.2) is 5.13 Å². The number of benzene rings is 1. The Morgan fingerprint density at radius 1 is 1.31 bits per heavy atom. The molecular formula is C17H18ClN5OS2. The number of aromatic nitrogens is 4. The summed E-state index contributed by atoms with van der Waals surface area (Å²) in [4.78, 5) is 22.8. The van der Waals surface area contributed by atoms with E-state index in [0.29, 0.717) is 26.8 Å². The van der Waals surface area contributed by atoms with Crippen LogP contribution in [0.2, 0.25) is 5.02 Å². The van der Waals surface area contributed by atoms with E-state index in [1.54, 1.807) is 4.90 Å². The molecule has 0 atom stereocenters. The number of thiazole rings is 1. The van der Waals surface area contributed by atoms with E-state index in [4.69, 9.17) is 11.6 Å². The highest BCUT2D eigenvalue weighted by molar-refractivity contribution is 7.98. The van der Waals surface area contributed by atoms with Gasteiger partial charge in [0.05, 0.1) is 16.4 Å². The minimum absolute atomic E-state index is 0.128. The van der Waals surface area contributed by atoms with Crippen LogP contribution in [0.25, 0.3) is 0 Å². The van der Waals surface area contributed by atoms with Gasteiger partial charge in [-0.2, -0.15) is 0 Å². The number of aryl methyl sites for hydroxylation is 3. The summed E-state index contributed by atoms with van der Waals surface area (Å²) in [7, 11) is 0. The van der Waals surface area contributed by atoms with Gasteiger partial charge in [-0.25, -0.2) is 9.97 Å². The van der Waals surface area contributed by atoms with Crippen molar-refractivity contribution in [3.05, 3.63) is 45.2 Å². The molecule has 3 aromatic rings.